The summed E-state index contributed by atoms with van der Waals surface area (Å²) in [5, 5.41) is 7.34. The quantitative estimate of drug-likeness (QED) is 0.614. The van der Waals surface area contributed by atoms with Gasteiger partial charge in [-0.2, -0.15) is 0 Å². The fourth-order valence-electron chi connectivity index (χ4n) is 3.94. The van der Waals surface area contributed by atoms with Crippen LogP contribution < -0.4 is 10.6 Å². The average molecular weight is 378 g/mol. The van der Waals surface area contributed by atoms with Gasteiger partial charge in [-0.1, -0.05) is 18.2 Å². The number of fused-ring (bicyclic) bond motifs is 1. The molecule has 0 radical (unpaired) electrons. The molecule has 1 aromatic carbocycles. The number of aromatic nitrogens is 3. The van der Waals surface area contributed by atoms with Crippen molar-refractivity contribution in [2.45, 2.75) is 31.8 Å². The topological polar surface area (TPSA) is 85.9 Å². The summed E-state index contributed by atoms with van der Waals surface area (Å²) in [6, 6.07) is 9.95. The Kier molecular flexibility index (Phi) is 5.25. The maximum atomic E-state index is 13.1. The highest BCUT2D eigenvalue weighted by atomic mass is 16.2. The van der Waals surface area contributed by atoms with Gasteiger partial charge in [0.2, 0.25) is 5.91 Å². The fourth-order valence-corrected chi connectivity index (χ4v) is 3.94. The molecule has 1 aliphatic heterocycles. The number of H-pyrrole nitrogens is 1. The van der Waals surface area contributed by atoms with Gasteiger partial charge in [-0.05, 0) is 31.5 Å². The van der Waals surface area contributed by atoms with Crippen LogP contribution in [0.1, 0.15) is 36.0 Å². The van der Waals surface area contributed by atoms with E-state index in [-0.39, 0.29) is 11.9 Å². The molecule has 1 amide bonds. The number of rotatable bonds is 6. The number of para-hydroxylation sites is 1. The molecular weight excluding hydrogens is 352 g/mol. The normalized spacial score (nSPS) is 16.6. The highest BCUT2D eigenvalue weighted by molar-refractivity contribution is 5.89. The number of likely N-dealkylation sites (tertiary alicyclic amines) is 1. The second-order valence-corrected chi connectivity index (χ2v) is 7.16. The van der Waals surface area contributed by atoms with Crippen LogP contribution in [0.15, 0.2) is 36.5 Å². The van der Waals surface area contributed by atoms with Crippen LogP contribution in [-0.4, -0.2) is 46.4 Å². The third-order valence-electron chi connectivity index (χ3n) is 5.30. The zero-order valence-corrected chi connectivity index (χ0v) is 16.3. The minimum Gasteiger partial charge on any atom is -0.373 e. The van der Waals surface area contributed by atoms with Crippen LogP contribution in [0.3, 0.4) is 0 Å². The molecule has 1 saturated heterocycles. The highest BCUT2D eigenvalue weighted by Gasteiger charge is 2.32. The molecule has 2 aromatic heterocycles. The Morgan fingerprint density at radius 3 is 2.96 bits per heavy atom. The first-order valence-corrected chi connectivity index (χ1v) is 9.74. The first-order chi connectivity index (χ1) is 13.7. The Hall–Kier alpha value is -2.93. The minimum absolute atomic E-state index is 0.0680. The minimum atomic E-state index is -0.0680. The molecule has 3 heterocycles. The molecule has 0 aliphatic carbocycles. The molecule has 1 aliphatic rings. The van der Waals surface area contributed by atoms with Crippen LogP contribution in [0.25, 0.3) is 10.9 Å². The predicted molar refractivity (Wildman–Crippen MR) is 110 cm³/mol. The number of carbonyl (C=O) groups is 1. The van der Waals surface area contributed by atoms with Crippen molar-refractivity contribution in [2.24, 2.45) is 0 Å². The molecule has 1 atom stereocenters. The summed E-state index contributed by atoms with van der Waals surface area (Å²) >= 11 is 0. The summed E-state index contributed by atoms with van der Waals surface area (Å²) in [6.07, 6.45) is 4.19. The van der Waals surface area contributed by atoms with Gasteiger partial charge in [-0.25, -0.2) is 9.97 Å². The monoisotopic (exact) mass is 378 g/mol. The maximum absolute atomic E-state index is 13.1. The lowest BCUT2D eigenvalue weighted by Gasteiger charge is -2.24. The molecular formula is C21H26N6O. The second-order valence-electron chi connectivity index (χ2n) is 7.16. The first kappa shape index (κ1) is 18.4. The number of hydrogen-bond donors (Lipinski definition) is 3. The van der Waals surface area contributed by atoms with Crippen molar-refractivity contribution in [3.05, 3.63) is 53.6 Å². The van der Waals surface area contributed by atoms with Crippen LogP contribution in [0.5, 0.6) is 0 Å². The molecule has 146 valence electrons. The summed E-state index contributed by atoms with van der Waals surface area (Å²) in [6.45, 7) is 1.42. The molecule has 1 unspecified atom stereocenters. The Bertz CT molecular complexity index is 982. The van der Waals surface area contributed by atoms with Crippen molar-refractivity contribution in [2.75, 3.05) is 26.0 Å². The highest BCUT2D eigenvalue weighted by Crippen LogP contribution is 2.31. The summed E-state index contributed by atoms with van der Waals surface area (Å²) in [5.74, 6) is 1.63. The van der Waals surface area contributed by atoms with Crippen LogP contribution in [0.4, 0.5) is 5.82 Å². The van der Waals surface area contributed by atoms with Gasteiger partial charge in [-0.3, -0.25) is 4.79 Å². The van der Waals surface area contributed by atoms with Crippen molar-refractivity contribution in [1.82, 2.24) is 25.2 Å². The number of carbonyl (C=O) groups excluding carboxylic acids is 1. The molecule has 1 fully saturated rings. The molecule has 7 nitrogen and oxygen atoms in total. The Morgan fingerprint density at radius 1 is 1.29 bits per heavy atom. The third kappa shape index (κ3) is 3.57. The maximum Gasteiger partial charge on any atom is 0.227 e. The van der Waals surface area contributed by atoms with Crippen LogP contribution in [-0.2, 0) is 17.8 Å². The van der Waals surface area contributed by atoms with Crippen molar-refractivity contribution >= 4 is 22.6 Å². The SMILES string of the molecule is CNCc1cc(NC)nc(C2CCCN2C(=O)Cc2c[nH]c3ccccc23)n1. The number of amides is 1. The van der Waals surface area contributed by atoms with E-state index < -0.39 is 0 Å². The average Bonchev–Trinajstić information content (AvgIpc) is 3.36. The molecule has 0 bridgehead atoms. The smallest absolute Gasteiger partial charge is 0.227 e. The molecule has 0 spiro atoms. The van der Waals surface area contributed by atoms with E-state index in [0.29, 0.717) is 13.0 Å². The van der Waals surface area contributed by atoms with E-state index in [1.165, 1.54) is 0 Å². The largest absolute Gasteiger partial charge is 0.373 e. The van der Waals surface area contributed by atoms with E-state index in [4.69, 9.17) is 4.98 Å². The lowest BCUT2D eigenvalue weighted by molar-refractivity contribution is -0.131. The Balaban J connectivity index is 1.58. The standard InChI is InChI=1S/C21H26N6O/c1-22-13-15-11-19(23-2)26-21(25-15)18-8-5-9-27(18)20(28)10-14-12-24-17-7-4-3-6-16(14)17/h3-4,6-7,11-12,18,22,24H,5,8-10,13H2,1-2H3,(H,23,25,26). The van der Waals surface area contributed by atoms with Crippen LogP contribution in [0.2, 0.25) is 0 Å². The predicted octanol–water partition coefficient (Wildman–Crippen LogP) is 2.63. The van der Waals surface area contributed by atoms with Gasteiger partial charge < -0.3 is 20.5 Å². The molecule has 0 saturated carbocycles. The molecule has 3 N–H and O–H groups in total. The number of benzene rings is 1. The molecule has 4 rings (SSSR count). The lowest BCUT2D eigenvalue weighted by atomic mass is 10.1. The molecule has 7 heteroatoms. The summed E-state index contributed by atoms with van der Waals surface area (Å²) in [5.41, 5.74) is 3.02. The number of nitrogens with one attached hydrogen (secondary N) is 3. The van der Waals surface area contributed by atoms with E-state index in [2.05, 4.69) is 26.7 Å². The zero-order chi connectivity index (χ0) is 19.5. The second kappa shape index (κ2) is 7.98. The van der Waals surface area contributed by atoms with Crippen molar-refractivity contribution in [1.29, 1.82) is 0 Å². The van der Waals surface area contributed by atoms with Crippen molar-refractivity contribution < 1.29 is 4.79 Å². The summed E-state index contributed by atoms with van der Waals surface area (Å²) in [4.78, 5) is 27.7. The van der Waals surface area contributed by atoms with Gasteiger partial charge in [0.1, 0.15) is 5.82 Å². The van der Waals surface area contributed by atoms with E-state index in [0.717, 1.165) is 53.2 Å². The van der Waals surface area contributed by atoms with Crippen molar-refractivity contribution in [3.8, 4) is 0 Å². The van der Waals surface area contributed by atoms with Gasteiger partial charge in [0.15, 0.2) is 5.82 Å². The third-order valence-corrected chi connectivity index (χ3v) is 5.30. The zero-order valence-electron chi connectivity index (χ0n) is 16.3. The molecule has 28 heavy (non-hydrogen) atoms. The van der Waals surface area contributed by atoms with Gasteiger partial charge in [0.25, 0.3) is 0 Å². The number of nitrogens with zero attached hydrogens (tertiary/aromatic N) is 3. The number of aromatic amines is 1. The van der Waals surface area contributed by atoms with Crippen LogP contribution in [0, 0.1) is 0 Å². The fraction of sp³-hybridized carbons (Fsp3) is 0.381. The van der Waals surface area contributed by atoms with Gasteiger partial charge in [-0.15, -0.1) is 0 Å². The van der Waals surface area contributed by atoms with Crippen molar-refractivity contribution in [3.63, 3.8) is 0 Å². The van der Waals surface area contributed by atoms with E-state index in [9.17, 15) is 4.79 Å². The number of hydrogen-bond acceptors (Lipinski definition) is 5. The Labute approximate surface area is 164 Å². The van der Waals surface area contributed by atoms with E-state index in [1.54, 1.807) is 0 Å². The number of anilines is 1. The van der Waals surface area contributed by atoms with Gasteiger partial charge >= 0.3 is 0 Å². The first-order valence-electron chi connectivity index (χ1n) is 9.74. The lowest BCUT2D eigenvalue weighted by Crippen LogP contribution is -2.33. The summed E-state index contributed by atoms with van der Waals surface area (Å²) in [7, 11) is 3.75. The summed E-state index contributed by atoms with van der Waals surface area (Å²) < 4.78 is 0. The van der Waals surface area contributed by atoms with E-state index >= 15 is 0 Å². The van der Waals surface area contributed by atoms with Crippen LogP contribution >= 0.6 is 0 Å². The Morgan fingerprint density at radius 2 is 2.14 bits per heavy atom. The van der Waals surface area contributed by atoms with Gasteiger partial charge in [0.05, 0.1) is 18.2 Å². The molecule has 3 aromatic rings. The van der Waals surface area contributed by atoms with E-state index in [1.807, 2.05) is 49.5 Å². The van der Waals surface area contributed by atoms with Gasteiger partial charge in [0, 0.05) is 43.3 Å².